The molecule has 0 unspecified atom stereocenters. The highest BCUT2D eigenvalue weighted by Crippen LogP contribution is 2.36. The zero-order chi connectivity index (χ0) is 25.5. The fourth-order valence-corrected chi connectivity index (χ4v) is 3.61. The van der Waals surface area contributed by atoms with Crippen molar-refractivity contribution in [3.8, 4) is 11.5 Å². The van der Waals surface area contributed by atoms with Crippen LogP contribution in [0.3, 0.4) is 0 Å². The maximum Gasteiger partial charge on any atom is 0.229 e. The molecule has 2 heterocycles. The van der Waals surface area contributed by atoms with Gasteiger partial charge in [-0.25, -0.2) is 14.4 Å². The quantitative estimate of drug-likeness (QED) is 0.221. The number of hydrogen-bond acceptors (Lipinski definition) is 8. The highest BCUT2D eigenvalue weighted by molar-refractivity contribution is 6.18. The smallest absolute Gasteiger partial charge is 0.229 e. The van der Waals surface area contributed by atoms with Gasteiger partial charge in [0.25, 0.3) is 0 Å². The van der Waals surface area contributed by atoms with E-state index in [4.69, 9.17) is 25.8 Å². The Kier molecular flexibility index (Phi) is 8.13. The minimum absolute atomic E-state index is 0.264. The number of ether oxygens (including phenoxy) is 3. The largest absolute Gasteiger partial charge is 0.491 e. The number of hydrogen-bond donors (Lipinski definition) is 2. The number of carbonyl (C=O) groups is 1. The van der Waals surface area contributed by atoms with Crippen molar-refractivity contribution in [2.75, 3.05) is 43.0 Å². The van der Waals surface area contributed by atoms with Crippen LogP contribution in [-0.2, 0) is 9.53 Å². The topological polar surface area (TPSA) is 114 Å². The van der Waals surface area contributed by atoms with Gasteiger partial charge in [-0.05, 0) is 18.2 Å². The lowest BCUT2D eigenvalue weighted by molar-refractivity contribution is -0.115. The molecular weight excluding hydrogens is 491 g/mol. The number of amides is 1. The molecule has 4 aromatic rings. The average Bonchev–Trinajstić information content (AvgIpc) is 3.30. The summed E-state index contributed by atoms with van der Waals surface area (Å²) >= 11 is 5.84. The first-order valence-corrected chi connectivity index (χ1v) is 11.5. The number of nitrogens with one attached hydrogen (secondary N) is 2. The Morgan fingerprint density at radius 2 is 2.00 bits per heavy atom. The fraction of sp³-hybridized carbons (Fsp3) is 0.250. The van der Waals surface area contributed by atoms with Crippen LogP contribution in [0.4, 0.5) is 27.5 Å². The third-order valence-corrected chi connectivity index (χ3v) is 5.15. The summed E-state index contributed by atoms with van der Waals surface area (Å²) in [7, 11) is 1.60. The molecular formula is C24H24ClFN6O4. The molecule has 1 amide bonds. The van der Waals surface area contributed by atoms with Crippen molar-refractivity contribution < 1.29 is 23.4 Å². The Balaban J connectivity index is 1.67. The normalized spacial score (nSPS) is 10.9. The average molecular weight is 515 g/mol. The third-order valence-electron chi connectivity index (χ3n) is 5.00. The molecule has 4 rings (SSSR count). The summed E-state index contributed by atoms with van der Waals surface area (Å²) in [6.45, 7) is 2.44. The van der Waals surface area contributed by atoms with E-state index in [1.54, 1.807) is 31.4 Å². The van der Waals surface area contributed by atoms with Crippen LogP contribution in [0.25, 0.3) is 10.9 Å². The van der Waals surface area contributed by atoms with Gasteiger partial charge in [0.15, 0.2) is 5.82 Å². The summed E-state index contributed by atoms with van der Waals surface area (Å²) in [4.78, 5) is 22.4. The number of benzene rings is 2. The van der Waals surface area contributed by atoms with Gasteiger partial charge in [-0.15, -0.1) is 11.6 Å². The molecule has 10 nitrogen and oxygen atoms in total. The van der Waals surface area contributed by atoms with Crippen LogP contribution >= 0.6 is 11.6 Å². The Morgan fingerprint density at radius 1 is 1.14 bits per heavy atom. The fourth-order valence-electron chi connectivity index (χ4n) is 3.53. The predicted molar refractivity (Wildman–Crippen MR) is 134 cm³/mol. The summed E-state index contributed by atoms with van der Waals surface area (Å²) in [6, 6.07) is 10.8. The molecule has 36 heavy (non-hydrogen) atoms. The third kappa shape index (κ3) is 5.81. The van der Waals surface area contributed by atoms with E-state index in [0.29, 0.717) is 58.8 Å². The predicted octanol–water partition coefficient (Wildman–Crippen LogP) is 4.56. The number of nitrogens with zero attached hydrogens (tertiary/aromatic N) is 4. The number of rotatable bonds is 11. The zero-order valence-corrected chi connectivity index (χ0v) is 20.4. The molecule has 0 saturated carbocycles. The Bertz CT molecular complexity index is 1350. The van der Waals surface area contributed by atoms with Gasteiger partial charge in [-0.3, -0.25) is 14.8 Å². The van der Waals surface area contributed by atoms with Gasteiger partial charge in [0.05, 0.1) is 29.1 Å². The Morgan fingerprint density at radius 3 is 2.75 bits per heavy atom. The van der Waals surface area contributed by atoms with Crippen LogP contribution in [-0.4, -0.2) is 58.9 Å². The second-order valence-electron chi connectivity index (χ2n) is 7.51. The number of carbonyl (C=O) groups excluding carboxylic acids is 1. The van der Waals surface area contributed by atoms with E-state index in [9.17, 15) is 9.18 Å². The number of alkyl halides is 1. The highest BCUT2D eigenvalue weighted by Gasteiger charge is 2.19. The molecule has 0 saturated heterocycles. The molecule has 2 aromatic carbocycles. The molecule has 0 aliphatic carbocycles. The maximum absolute atomic E-state index is 13.8. The van der Waals surface area contributed by atoms with Gasteiger partial charge in [-0.1, -0.05) is 6.07 Å². The molecule has 0 aliphatic rings. The monoisotopic (exact) mass is 514 g/mol. The zero-order valence-electron chi connectivity index (χ0n) is 19.6. The van der Waals surface area contributed by atoms with Gasteiger partial charge in [0.2, 0.25) is 5.91 Å². The minimum atomic E-state index is -0.459. The molecule has 2 aromatic heterocycles. The van der Waals surface area contributed by atoms with Gasteiger partial charge in [-0.2, -0.15) is 5.10 Å². The van der Waals surface area contributed by atoms with Crippen LogP contribution in [0.2, 0.25) is 0 Å². The first-order chi connectivity index (χ1) is 17.5. The molecule has 2 N–H and O–H groups in total. The van der Waals surface area contributed by atoms with Crippen LogP contribution < -0.4 is 19.7 Å². The lowest BCUT2D eigenvalue weighted by Crippen LogP contribution is -2.23. The Labute approximate surface area is 211 Å². The number of halogens is 2. The van der Waals surface area contributed by atoms with Gasteiger partial charge in [0.1, 0.15) is 48.5 Å². The van der Waals surface area contributed by atoms with Crippen molar-refractivity contribution in [2.24, 2.45) is 0 Å². The van der Waals surface area contributed by atoms with Crippen LogP contribution in [0.1, 0.15) is 6.92 Å². The van der Waals surface area contributed by atoms with E-state index in [1.807, 2.05) is 0 Å². The molecule has 0 fully saturated rings. The van der Waals surface area contributed by atoms with Gasteiger partial charge < -0.3 is 19.5 Å². The Hall–Kier alpha value is -3.96. The number of aromatic nitrogens is 4. The second kappa shape index (κ2) is 11.6. The summed E-state index contributed by atoms with van der Waals surface area (Å²) < 4.78 is 30.4. The van der Waals surface area contributed by atoms with E-state index in [-0.39, 0.29) is 18.4 Å². The van der Waals surface area contributed by atoms with Crippen molar-refractivity contribution in [1.29, 1.82) is 0 Å². The number of methoxy groups -OCH3 is 1. The second-order valence-corrected chi connectivity index (χ2v) is 7.89. The highest BCUT2D eigenvalue weighted by atomic mass is 35.5. The van der Waals surface area contributed by atoms with Crippen LogP contribution in [0.5, 0.6) is 11.5 Å². The molecule has 188 valence electrons. The van der Waals surface area contributed by atoms with E-state index < -0.39 is 5.82 Å². The number of anilines is 4. The molecule has 0 atom stereocenters. The lowest BCUT2D eigenvalue weighted by atomic mass is 10.2. The van der Waals surface area contributed by atoms with Crippen molar-refractivity contribution in [1.82, 2.24) is 20.2 Å². The molecule has 0 aliphatic heterocycles. The first kappa shape index (κ1) is 25.1. The van der Waals surface area contributed by atoms with E-state index >= 15 is 0 Å². The number of aromatic amines is 1. The summed E-state index contributed by atoms with van der Waals surface area (Å²) in [5.41, 5.74) is 0.941. The lowest BCUT2D eigenvalue weighted by Gasteiger charge is -2.18. The first-order valence-electron chi connectivity index (χ1n) is 11.0. The molecule has 0 spiro atoms. The SMILES string of the molecule is COCCOc1cc(OCCCl)c2c(Nc3cc(N(C(C)=O)c4cccc(F)c4)[nH]n3)ncnc2c1. The summed E-state index contributed by atoms with van der Waals surface area (Å²) in [6.07, 6.45) is 1.40. The van der Waals surface area contributed by atoms with Crippen molar-refractivity contribution in [3.05, 3.63) is 54.6 Å². The van der Waals surface area contributed by atoms with Gasteiger partial charge in [0, 0.05) is 32.2 Å². The van der Waals surface area contributed by atoms with Crippen LogP contribution in [0.15, 0.2) is 48.8 Å². The number of fused-ring (bicyclic) bond motifs is 1. The maximum atomic E-state index is 13.8. The summed E-state index contributed by atoms with van der Waals surface area (Å²) in [5.74, 6) is 1.69. The molecule has 12 heteroatoms. The summed E-state index contributed by atoms with van der Waals surface area (Å²) in [5, 5.41) is 10.8. The van der Waals surface area contributed by atoms with Crippen molar-refractivity contribution >= 4 is 51.6 Å². The minimum Gasteiger partial charge on any atom is -0.491 e. The van der Waals surface area contributed by atoms with E-state index in [1.165, 1.54) is 36.4 Å². The molecule has 0 radical (unpaired) electrons. The standard InChI is InChI=1S/C24H24ClFN6O4/c1-15(33)32(17-5-3-4-16(26)10-17)22-13-21(30-31-22)29-24-23-19(27-14-28-24)11-18(35-9-8-34-2)12-20(23)36-7-6-25/h3-5,10-14H,6-9H2,1-2H3,(H2,27,28,29,30,31). The van der Waals surface area contributed by atoms with Crippen molar-refractivity contribution in [2.45, 2.75) is 6.92 Å². The number of H-pyrrole nitrogens is 1. The van der Waals surface area contributed by atoms with Crippen LogP contribution in [0, 0.1) is 5.82 Å². The van der Waals surface area contributed by atoms with E-state index in [0.717, 1.165) is 0 Å². The van der Waals surface area contributed by atoms with Crippen molar-refractivity contribution in [3.63, 3.8) is 0 Å². The van der Waals surface area contributed by atoms with Gasteiger partial charge >= 0.3 is 0 Å². The molecule has 0 bridgehead atoms. The van der Waals surface area contributed by atoms with E-state index in [2.05, 4.69) is 25.5 Å².